The van der Waals surface area contributed by atoms with Gasteiger partial charge >= 0.3 is 0 Å². The number of hydrogen-bond donors (Lipinski definition) is 3. The molecule has 3 rings (SSSR count). The first-order valence-electron chi connectivity index (χ1n) is 8.06. The maximum atomic E-state index is 12.8. The van der Waals surface area contributed by atoms with E-state index in [9.17, 15) is 14.7 Å². The van der Waals surface area contributed by atoms with Gasteiger partial charge in [0.2, 0.25) is 0 Å². The quantitative estimate of drug-likeness (QED) is 0.451. The fourth-order valence-electron chi connectivity index (χ4n) is 3.06. The zero-order valence-corrected chi connectivity index (χ0v) is 13.6. The molecule has 0 saturated carbocycles. The summed E-state index contributed by atoms with van der Waals surface area (Å²) in [6, 6.07) is 12.1. The third-order valence-electron chi connectivity index (χ3n) is 4.41. The van der Waals surface area contributed by atoms with Crippen LogP contribution in [-0.2, 0) is 0 Å². The number of aromatic hydroxyl groups is 1. The van der Waals surface area contributed by atoms with E-state index in [0.717, 1.165) is 6.42 Å². The highest BCUT2D eigenvalue weighted by atomic mass is 16.3. The van der Waals surface area contributed by atoms with Crippen molar-refractivity contribution in [3.05, 3.63) is 65.2 Å². The van der Waals surface area contributed by atoms with Crippen molar-refractivity contribution in [1.82, 2.24) is 4.90 Å². The number of nitrogens with zero attached hydrogens (tertiary/aromatic N) is 1. The van der Waals surface area contributed by atoms with E-state index in [-0.39, 0.29) is 23.3 Å². The van der Waals surface area contributed by atoms with Crippen LogP contribution in [0.15, 0.2) is 48.5 Å². The summed E-state index contributed by atoms with van der Waals surface area (Å²) >= 11 is 0. The Labute approximate surface area is 145 Å². The van der Waals surface area contributed by atoms with Crippen LogP contribution in [0, 0.1) is 5.41 Å². The van der Waals surface area contributed by atoms with E-state index >= 15 is 0 Å². The van der Waals surface area contributed by atoms with Crippen molar-refractivity contribution in [2.75, 3.05) is 6.54 Å². The Morgan fingerprint density at radius 2 is 1.56 bits per heavy atom. The third kappa shape index (κ3) is 3.38. The van der Waals surface area contributed by atoms with E-state index in [1.165, 1.54) is 12.1 Å². The molecular weight excluding hydrogens is 318 g/mol. The summed E-state index contributed by atoms with van der Waals surface area (Å²) in [6.45, 7) is 0.530. The number of hydrogen-bond acceptors (Lipinski definition) is 4. The maximum absolute atomic E-state index is 12.8. The SMILES string of the molecule is N=C(N)c1ccc(C(=O)N2CCC[C@@H]2C(=O)c2ccc(O)cc2)cc1. The molecule has 1 saturated heterocycles. The van der Waals surface area contributed by atoms with E-state index in [1.807, 2.05) is 0 Å². The Hall–Kier alpha value is -3.15. The monoisotopic (exact) mass is 337 g/mol. The minimum absolute atomic E-state index is 0.0550. The number of phenols is 1. The summed E-state index contributed by atoms with van der Waals surface area (Å²) < 4.78 is 0. The van der Waals surface area contributed by atoms with Crippen molar-refractivity contribution < 1.29 is 14.7 Å². The molecule has 128 valence electrons. The molecule has 6 nitrogen and oxygen atoms in total. The number of carbonyl (C=O) groups is 2. The van der Waals surface area contributed by atoms with Gasteiger partial charge in [-0.3, -0.25) is 15.0 Å². The second-order valence-electron chi connectivity index (χ2n) is 6.06. The van der Waals surface area contributed by atoms with Gasteiger partial charge in [0, 0.05) is 23.2 Å². The van der Waals surface area contributed by atoms with E-state index in [2.05, 4.69) is 0 Å². The average Bonchev–Trinajstić information content (AvgIpc) is 3.11. The lowest BCUT2D eigenvalue weighted by atomic mass is 10.0. The number of amides is 1. The lowest BCUT2D eigenvalue weighted by molar-refractivity contribution is 0.0671. The molecule has 2 aromatic carbocycles. The zero-order valence-electron chi connectivity index (χ0n) is 13.6. The molecule has 1 amide bonds. The number of nitrogens with two attached hydrogens (primary N) is 1. The molecule has 1 heterocycles. The van der Waals surface area contributed by atoms with Crippen LogP contribution in [0.5, 0.6) is 5.75 Å². The molecule has 1 aliphatic rings. The predicted octanol–water partition coefficient (Wildman–Crippen LogP) is 2.16. The normalized spacial score (nSPS) is 16.6. The molecule has 0 unspecified atom stereocenters. The van der Waals surface area contributed by atoms with Crippen LogP contribution in [0.4, 0.5) is 0 Å². The molecule has 0 aromatic heterocycles. The van der Waals surface area contributed by atoms with Crippen LogP contribution in [0.1, 0.15) is 39.1 Å². The van der Waals surface area contributed by atoms with Crippen LogP contribution < -0.4 is 5.73 Å². The first-order chi connectivity index (χ1) is 12.0. The number of ketones is 1. The molecule has 0 aliphatic carbocycles. The molecule has 4 N–H and O–H groups in total. The van der Waals surface area contributed by atoms with Crippen LogP contribution in [0.3, 0.4) is 0 Å². The zero-order chi connectivity index (χ0) is 18.0. The molecular formula is C19H19N3O3. The number of nitrogen functional groups attached to an aromatic ring is 1. The van der Waals surface area contributed by atoms with Gasteiger partial charge < -0.3 is 15.7 Å². The third-order valence-corrected chi connectivity index (χ3v) is 4.41. The second-order valence-corrected chi connectivity index (χ2v) is 6.06. The Bertz CT molecular complexity index is 813. The second kappa shape index (κ2) is 6.76. The van der Waals surface area contributed by atoms with Crippen molar-refractivity contribution in [3.8, 4) is 5.75 Å². The number of likely N-dealkylation sites (tertiary alicyclic amines) is 1. The molecule has 0 radical (unpaired) electrons. The highest BCUT2D eigenvalue weighted by Gasteiger charge is 2.34. The van der Waals surface area contributed by atoms with Crippen LogP contribution in [0.2, 0.25) is 0 Å². The Kier molecular flexibility index (Phi) is 4.52. The highest BCUT2D eigenvalue weighted by molar-refractivity contribution is 6.05. The van der Waals surface area contributed by atoms with Gasteiger partial charge in [-0.25, -0.2) is 0 Å². The van der Waals surface area contributed by atoms with Crippen LogP contribution in [-0.4, -0.2) is 40.1 Å². The van der Waals surface area contributed by atoms with Crippen molar-refractivity contribution in [2.45, 2.75) is 18.9 Å². The number of nitrogens with one attached hydrogen (secondary N) is 1. The van der Waals surface area contributed by atoms with Gasteiger partial charge in [0.25, 0.3) is 5.91 Å². The average molecular weight is 337 g/mol. The number of rotatable bonds is 4. The fraction of sp³-hybridized carbons (Fsp3) is 0.211. The first kappa shape index (κ1) is 16.7. The first-order valence-corrected chi connectivity index (χ1v) is 8.06. The topological polar surface area (TPSA) is 107 Å². The standard InChI is InChI=1S/C19H19N3O3/c20-18(21)13-3-5-14(6-4-13)19(25)22-11-1-2-16(22)17(24)12-7-9-15(23)10-8-12/h3-10,16,23H,1-2,11H2,(H3,20,21)/t16-/m1/s1. The minimum atomic E-state index is -0.496. The molecule has 0 bridgehead atoms. The Balaban J connectivity index is 1.80. The summed E-state index contributed by atoms with van der Waals surface area (Å²) in [6.07, 6.45) is 1.39. The Morgan fingerprint density at radius 1 is 1.00 bits per heavy atom. The van der Waals surface area contributed by atoms with Gasteiger partial charge in [0.1, 0.15) is 11.6 Å². The van der Waals surface area contributed by atoms with Crippen LogP contribution in [0.25, 0.3) is 0 Å². The minimum Gasteiger partial charge on any atom is -0.508 e. The molecule has 25 heavy (non-hydrogen) atoms. The number of amidine groups is 1. The van der Waals surface area contributed by atoms with E-state index < -0.39 is 6.04 Å². The van der Waals surface area contributed by atoms with E-state index in [1.54, 1.807) is 41.3 Å². The van der Waals surface area contributed by atoms with Gasteiger partial charge in [-0.1, -0.05) is 12.1 Å². The maximum Gasteiger partial charge on any atom is 0.254 e. The van der Waals surface area contributed by atoms with E-state index in [4.69, 9.17) is 11.1 Å². The summed E-state index contributed by atoms with van der Waals surface area (Å²) in [5.74, 6) is -0.280. The molecule has 0 spiro atoms. The summed E-state index contributed by atoms with van der Waals surface area (Å²) in [5.41, 5.74) is 6.92. The Morgan fingerprint density at radius 3 is 2.16 bits per heavy atom. The van der Waals surface area contributed by atoms with E-state index in [0.29, 0.717) is 29.7 Å². The van der Waals surface area contributed by atoms with Crippen molar-refractivity contribution in [3.63, 3.8) is 0 Å². The van der Waals surface area contributed by atoms with Crippen molar-refractivity contribution >= 4 is 17.5 Å². The van der Waals surface area contributed by atoms with Gasteiger partial charge in [0.05, 0.1) is 6.04 Å². The smallest absolute Gasteiger partial charge is 0.254 e. The molecule has 1 atom stereocenters. The molecule has 6 heteroatoms. The van der Waals surface area contributed by atoms with Gasteiger partial charge in [0.15, 0.2) is 5.78 Å². The molecule has 1 aliphatic heterocycles. The number of benzene rings is 2. The highest BCUT2D eigenvalue weighted by Crippen LogP contribution is 2.24. The van der Waals surface area contributed by atoms with Crippen molar-refractivity contribution in [2.24, 2.45) is 5.73 Å². The lowest BCUT2D eigenvalue weighted by Gasteiger charge is -2.24. The summed E-state index contributed by atoms with van der Waals surface area (Å²) in [5, 5.41) is 16.8. The number of Topliss-reactive ketones (excluding diaryl/α,β-unsaturated/α-hetero) is 1. The predicted molar refractivity (Wildman–Crippen MR) is 94.0 cm³/mol. The van der Waals surface area contributed by atoms with Gasteiger partial charge in [-0.15, -0.1) is 0 Å². The van der Waals surface area contributed by atoms with Gasteiger partial charge in [-0.2, -0.15) is 0 Å². The molecule has 1 fully saturated rings. The summed E-state index contributed by atoms with van der Waals surface area (Å²) in [4.78, 5) is 27.1. The largest absolute Gasteiger partial charge is 0.508 e. The lowest BCUT2D eigenvalue weighted by Crippen LogP contribution is -2.40. The van der Waals surface area contributed by atoms with Crippen LogP contribution >= 0.6 is 0 Å². The summed E-state index contributed by atoms with van der Waals surface area (Å²) in [7, 11) is 0. The fourth-order valence-corrected chi connectivity index (χ4v) is 3.06. The molecule has 2 aromatic rings. The van der Waals surface area contributed by atoms with Gasteiger partial charge in [-0.05, 0) is 49.2 Å². The van der Waals surface area contributed by atoms with Crippen molar-refractivity contribution in [1.29, 1.82) is 5.41 Å². The number of phenolic OH excluding ortho intramolecular Hbond substituents is 1. The number of carbonyl (C=O) groups excluding carboxylic acids is 2.